The Bertz CT molecular complexity index is 535. The Morgan fingerprint density at radius 3 is 2.36 bits per heavy atom. The van der Waals surface area contributed by atoms with E-state index in [0.29, 0.717) is 18.5 Å². The number of nitrogens with one attached hydrogen (secondary N) is 1. The van der Waals surface area contributed by atoms with Gasteiger partial charge in [-0.25, -0.2) is 0 Å². The number of allylic oxidation sites excluding steroid dienone is 1. The van der Waals surface area contributed by atoms with Gasteiger partial charge in [-0.3, -0.25) is 9.59 Å². The molecular weight excluding hydrogens is 314 g/mol. The summed E-state index contributed by atoms with van der Waals surface area (Å²) in [6.45, 7) is 2.61. The van der Waals surface area contributed by atoms with Crippen molar-refractivity contribution < 1.29 is 14.7 Å². The Hall–Kier alpha value is -2.10. The van der Waals surface area contributed by atoms with E-state index in [2.05, 4.69) is 24.4 Å². The zero-order chi connectivity index (χ0) is 18.3. The van der Waals surface area contributed by atoms with Gasteiger partial charge in [-0.2, -0.15) is 0 Å². The number of unbranched alkanes of at least 4 members (excludes halogenated alkanes) is 6. The summed E-state index contributed by atoms with van der Waals surface area (Å²) in [6.07, 6.45) is 13.7. The molecule has 4 heteroatoms. The lowest BCUT2D eigenvalue weighted by Crippen LogP contribution is -2.24. The van der Waals surface area contributed by atoms with Crippen LogP contribution in [0.3, 0.4) is 0 Å². The molecule has 138 valence electrons. The molecule has 4 nitrogen and oxygen atoms in total. The number of hydrogen-bond acceptors (Lipinski definition) is 2. The first kappa shape index (κ1) is 20.9. The fraction of sp³-hybridized carbons (Fsp3) is 0.524. The number of hydrogen-bond donors (Lipinski definition) is 2. The van der Waals surface area contributed by atoms with Gasteiger partial charge in [-0.05, 0) is 37.0 Å². The number of aliphatic carboxylic acids is 1. The number of amides is 1. The highest BCUT2D eigenvalue weighted by molar-refractivity contribution is 5.94. The van der Waals surface area contributed by atoms with Crippen molar-refractivity contribution in [2.75, 3.05) is 6.54 Å². The third kappa shape index (κ3) is 10.4. The molecule has 0 fully saturated rings. The van der Waals surface area contributed by atoms with E-state index in [4.69, 9.17) is 5.11 Å². The van der Waals surface area contributed by atoms with Crippen LogP contribution in [0.4, 0.5) is 0 Å². The van der Waals surface area contributed by atoms with E-state index in [1.165, 1.54) is 38.5 Å². The molecule has 1 aromatic rings. The van der Waals surface area contributed by atoms with Crippen LogP contribution in [-0.2, 0) is 4.79 Å². The predicted octanol–water partition coefficient (Wildman–Crippen LogP) is 5.05. The molecule has 0 saturated heterocycles. The molecule has 0 unspecified atom stereocenters. The third-order valence-electron chi connectivity index (χ3n) is 4.06. The van der Waals surface area contributed by atoms with Crippen LogP contribution >= 0.6 is 0 Å². The van der Waals surface area contributed by atoms with Gasteiger partial charge in [0.2, 0.25) is 0 Å². The summed E-state index contributed by atoms with van der Waals surface area (Å²) in [6, 6.07) is 7.47. The SMILES string of the molecule is CCCCCCCC/C=C\c1ccc(C(=O)NCCCC(=O)O)cc1. The van der Waals surface area contributed by atoms with Crippen molar-refractivity contribution in [1.82, 2.24) is 5.32 Å². The van der Waals surface area contributed by atoms with Crippen molar-refractivity contribution in [2.24, 2.45) is 0 Å². The molecule has 0 heterocycles. The summed E-state index contributed by atoms with van der Waals surface area (Å²) in [5.41, 5.74) is 1.69. The van der Waals surface area contributed by atoms with Crippen LogP contribution in [0.5, 0.6) is 0 Å². The van der Waals surface area contributed by atoms with Gasteiger partial charge < -0.3 is 10.4 Å². The van der Waals surface area contributed by atoms with Gasteiger partial charge in [0.05, 0.1) is 0 Å². The van der Waals surface area contributed by atoms with Crippen LogP contribution < -0.4 is 5.32 Å². The minimum Gasteiger partial charge on any atom is -0.481 e. The highest BCUT2D eigenvalue weighted by Gasteiger charge is 2.04. The molecule has 1 aromatic carbocycles. The summed E-state index contributed by atoms with van der Waals surface area (Å²) in [4.78, 5) is 22.4. The molecular formula is C21H31NO3. The van der Waals surface area contributed by atoms with Crippen LogP contribution in [0.25, 0.3) is 6.08 Å². The summed E-state index contributed by atoms with van der Waals surface area (Å²) in [5, 5.41) is 11.3. The van der Waals surface area contributed by atoms with Gasteiger partial charge in [0.15, 0.2) is 0 Å². The van der Waals surface area contributed by atoms with Crippen LogP contribution in [-0.4, -0.2) is 23.5 Å². The summed E-state index contributed by atoms with van der Waals surface area (Å²) in [7, 11) is 0. The smallest absolute Gasteiger partial charge is 0.303 e. The number of carboxylic acid groups (broad SMARTS) is 1. The average molecular weight is 345 g/mol. The maximum absolute atomic E-state index is 11.9. The molecule has 0 aliphatic heterocycles. The summed E-state index contributed by atoms with van der Waals surface area (Å²) < 4.78 is 0. The van der Waals surface area contributed by atoms with E-state index >= 15 is 0 Å². The molecule has 0 aromatic heterocycles. The minimum atomic E-state index is -0.841. The maximum Gasteiger partial charge on any atom is 0.303 e. The van der Waals surface area contributed by atoms with Crippen molar-refractivity contribution in [3.63, 3.8) is 0 Å². The second-order valence-corrected chi connectivity index (χ2v) is 6.33. The predicted molar refractivity (Wildman–Crippen MR) is 103 cm³/mol. The second-order valence-electron chi connectivity index (χ2n) is 6.33. The van der Waals surface area contributed by atoms with E-state index in [0.717, 1.165) is 12.0 Å². The normalized spacial score (nSPS) is 10.9. The Labute approximate surface area is 151 Å². The maximum atomic E-state index is 11.9. The van der Waals surface area contributed by atoms with E-state index in [1.54, 1.807) is 12.1 Å². The van der Waals surface area contributed by atoms with Gasteiger partial charge >= 0.3 is 5.97 Å². The Balaban J connectivity index is 2.24. The van der Waals surface area contributed by atoms with E-state index in [1.807, 2.05) is 12.1 Å². The lowest BCUT2D eigenvalue weighted by atomic mass is 10.1. The van der Waals surface area contributed by atoms with E-state index in [9.17, 15) is 9.59 Å². The van der Waals surface area contributed by atoms with Crippen LogP contribution in [0.15, 0.2) is 30.3 Å². The lowest BCUT2D eigenvalue weighted by Gasteiger charge is -2.04. The molecule has 0 atom stereocenters. The van der Waals surface area contributed by atoms with Crippen LogP contribution in [0.1, 0.15) is 80.6 Å². The molecule has 1 rings (SSSR count). The first-order valence-corrected chi connectivity index (χ1v) is 9.40. The van der Waals surface area contributed by atoms with Gasteiger partial charge in [0.25, 0.3) is 5.91 Å². The number of carboxylic acids is 1. The van der Waals surface area contributed by atoms with Crippen molar-refractivity contribution in [3.05, 3.63) is 41.5 Å². The Morgan fingerprint density at radius 2 is 1.68 bits per heavy atom. The number of carbonyl (C=O) groups is 2. The largest absolute Gasteiger partial charge is 0.481 e. The topological polar surface area (TPSA) is 66.4 Å². The van der Waals surface area contributed by atoms with Gasteiger partial charge in [-0.15, -0.1) is 0 Å². The molecule has 0 radical (unpaired) electrons. The molecule has 2 N–H and O–H groups in total. The number of benzene rings is 1. The first-order valence-electron chi connectivity index (χ1n) is 9.40. The van der Waals surface area contributed by atoms with Crippen LogP contribution in [0, 0.1) is 0 Å². The Kier molecular flexibility index (Phi) is 11.1. The molecule has 0 saturated carbocycles. The lowest BCUT2D eigenvalue weighted by molar-refractivity contribution is -0.137. The van der Waals surface area contributed by atoms with E-state index < -0.39 is 5.97 Å². The minimum absolute atomic E-state index is 0.0720. The Morgan fingerprint density at radius 1 is 1.00 bits per heavy atom. The van der Waals surface area contributed by atoms with Crippen molar-refractivity contribution in [1.29, 1.82) is 0 Å². The summed E-state index contributed by atoms with van der Waals surface area (Å²) >= 11 is 0. The second kappa shape index (κ2) is 13.2. The highest BCUT2D eigenvalue weighted by Crippen LogP contribution is 2.10. The molecule has 25 heavy (non-hydrogen) atoms. The fourth-order valence-electron chi connectivity index (χ4n) is 2.55. The van der Waals surface area contributed by atoms with Crippen molar-refractivity contribution in [2.45, 2.75) is 64.7 Å². The monoisotopic (exact) mass is 345 g/mol. The third-order valence-corrected chi connectivity index (χ3v) is 4.06. The van der Waals surface area contributed by atoms with Gasteiger partial charge in [0.1, 0.15) is 0 Å². The molecule has 0 aliphatic carbocycles. The average Bonchev–Trinajstić information content (AvgIpc) is 2.61. The fourth-order valence-corrected chi connectivity index (χ4v) is 2.55. The zero-order valence-electron chi connectivity index (χ0n) is 15.3. The molecule has 1 amide bonds. The number of carbonyl (C=O) groups excluding carboxylic acids is 1. The first-order chi connectivity index (χ1) is 12.1. The highest BCUT2D eigenvalue weighted by atomic mass is 16.4. The van der Waals surface area contributed by atoms with E-state index in [-0.39, 0.29) is 12.3 Å². The zero-order valence-corrected chi connectivity index (χ0v) is 15.3. The molecule has 0 aliphatic rings. The summed E-state index contributed by atoms with van der Waals surface area (Å²) in [5.74, 6) is -1.00. The molecule has 0 bridgehead atoms. The van der Waals surface area contributed by atoms with Crippen molar-refractivity contribution >= 4 is 18.0 Å². The van der Waals surface area contributed by atoms with Crippen LogP contribution in [0.2, 0.25) is 0 Å². The molecule has 0 spiro atoms. The van der Waals surface area contributed by atoms with Gasteiger partial charge in [-0.1, -0.05) is 63.3 Å². The van der Waals surface area contributed by atoms with Crippen molar-refractivity contribution in [3.8, 4) is 0 Å². The standard InChI is InChI=1S/C21H31NO3/c1-2-3-4-5-6-7-8-9-11-18-13-15-19(16-14-18)21(25)22-17-10-12-20(23)24/h9,11,13-16H,2-8,10,12,17H2,1H3,(H,22,25)(H,23,24)/b11-9-. The quantitative estimate of drug-likeness (QED) is 0.492. The number of rotatable bonds is 13. The van der Waals surface area contributed by atoms with Gasteiger partial charge in [0, 0.05) is 18.5 Å².